The molecule has 0 saturated carbocycles. The lowest BCUT2D eigenvalue weighted by Crippen LogP contribution is -2.62. The van der Waals surface area contributed by atoms with Gasteiger partial charge >= 0.3 is 5.97 Å². The molecule has 5 heterocycles. The normalized spacial score (nSPS) is 20.8. The highest BCUT2D eigenvalue weighted by Crippen LogP contribution is 2.42. The van der Waals surface area contributed by atoms with Crippen molar-refractivity contribution in [3.8, 4) is 28.1 Å². The minimum absolute atomic E-state index is 0.0283. The number of cyclic esters (lactones) is 1. The average Bonchev–Trinajstić information content (AvgIpc) is 3.91. The van der Waals surface area contributed by atoms with Crippen LogP contribution in [0.15, 0.2) is 54.7 Å². The number of Topliss-reactive ketones (excluding diaryl/α,β-unsaturated/α-hetero) is 1. The number of likely N-dealkylation sites (tertiary alicyclic amines) is 1. The van der Waals surface area contributed by atoms with Crippen molar-refractivity contribution >= 4 is 46.3 Å². The van der Waals surface area contributed by atoms with Gasteiger partial charge in [0.05, 0.1) is 30.0 Å². The second-order valence-electron chi connectivity index (χ2n) is 19.5. The SMILES string of the molecule is CCn1c(-c2cccnc2[C@H](C)OC)c2c3cc(ccc31)-c1cc(O)cc(c1)C[C@H](NC(=O)[C@H](C(C)C)N(C)C(=O)[C@H]1CCN(C(=O)C(C)=O)C1)C(=O)N1CCC[C@H](N1)C(=O)OCC(C)(C)C2. The maximum Gasteiger partial charge on any atom is 0.324 e. The number of ketones is 1. The number of rotatable bonds is 10. The minimum atomic E-state index is -1.19. The van der Waals surface area contributed by atoms with Gasteiger partial charge in [0.25, 0.3) is 11.8 Å². The van der Waals surface area contributed by atoms with Crippen LogP contribution in [-0.4, -0.2) is 123 Å². The van der Waals surface area contributed by atoms with E-state index < -0.39 is 58.9 Å². The molecule has 67 heavy (non-hydrogen) atoms. The first-order chi connectivity index (χ1) is 31.8. The van der Waals surface area contributed by atoms with Gasteiger partial charge < -0.3 is 34.3 Å². The smallest absolute Gasteiger partial charge is 0.324 e. The summed E-state index contributed by atoms with van der Waals surface area (Å²) in [7, 11) is 3.20. The van der Waals surface area contributed by atoms with Crippen LogP contribution < -0.4 is 10.7 Å². The molecular formula is C51H65N7O9. The molecule has 0 aliphatic carbocycles. The van der Waals surface area contributed by atoms with Crippen LogP contribution in [-0.2, 0) is 57.6 Å². The van der Waals surface area contributed by atoms with Crippen molar-refractivity contribution in [3.05, 3.63) is 71.5 Å². The van der Waals surface area contributed by atoms with Gasteiger partial charge in [-0.25, -0.2) is 5.43 Å². The first-order valence-electron chi connectivity index (χ1n) is 23.4. The Morgan fingerprint density at radius 3 is 2.51 bits per heavy atom. The number of nitrogens with zero attached hydrogens (tertiary/aromatic N) is 5. The fourth-order valence-electron chi connectivity index (χ4n) is 10.0. The molecule has 3 aliphatic heterocycles. The van der Waals surface area contributed by atoms with Gasteiger partial charge in [-0.2, -0.15) is 0 Å². The molecule has 2 aromatic heterocycles. The van der Waals surface area contributed by atoms with Crippen LogP contribution in [0.3, 0.4) is 0 Å². The highest BCUT2D eigenvalue weighted by atomic mass is 16.5. The summed E-state index contributed by atoms with van der Waals surface area (Å²) in [5.74, 6) is -4.20. The van der Waals surface area contributed by atoms with Gasteiger partial charge in [0, 0.05) is 81.8 Å². The largest absolute Gasteiger partial charge is 0.508 e. The summed E-state index contributed by atoms with van der Waals surface area (Å²) in [6.07, 6.45) is 3.23. The third-order valence-electron chi connectivity index (χ3n) is 13.5. The van der Waals surface area contributed by atoms with Crippen LogP contribution >= 0.6 is 0 Å². The fourth-order valence-corrected chi connectivity index (χ4v) is 10.0. The van der Waals surface area contributed by atoms with Gasteiger partial charge in [-0.1, -0.05) is 39.8 Å². The van der Waals surface area contributed by atoms with E-state index in [1.54, 1.807) is 39.3 Å². The van der Waals surface area contributed by atoms with E-state index in [1.165, 1.54) is 28.8 Å². The van der Waals surface area contributed by atoms with Gasteiger partial charge in [0.15, 0.2) is 0 Å². The molecule has 2 fully saturated rings. The second-order valence-corrected chi connectivity index (χ2v) is 19.5. The zero-order chi connectivity index (χ0) is 48.5. The van der Waals surface area contributed by atoms with E-state index in [9.17, 15) is 33.9 Å². The van der Waals surface area contributed by atoms with Crippen LogP contribution in [0.25, 0.3) is 33.3 Å². The van der Waals surface area contributed by atoms with Crippen molar-refractivity contribution in [1.82, 2.24) is 35.1 Å². The summed E-state index contributed by atoms with van der Waals surface area (Å²) in [5, 5.41) is 16.6. The Morgan fingerprint density at radius 1 is 1.04 bits per heavy atom. The van der Waals surface area contributed by atoms with Gasteiger partial charge in [-0.3, -0.25) is 38.8 Å². The molecule has 2 aromatic carbocycles. The molecule has 4 aromatic rings. The predicted molar refractivity (Wildman–Crippen MR) is 252 cm³/mol. The molecular weight excluding hydrogens is 855 g/mol. The highest BCUT2D eigenvalue weighted by Gasteiger charge is 2.41. The van der Waals surface area contributed by atoms with Crippen molar-refractivity contribution < 1.29 is 43.3 Å². The number of nitrogens with one attached hydrogen (secondary N) is 2. The summed E-state index contributed by atoms with van der Waals surface area (Å²) in [5.41, 5.74) is 9.40. The number of hydrogen-bond acceptors (Lipinski definition) is 11. The molecule has 6 bridgehead atoms. The number of hydrazine groups is 1. The number of amides is 4. The number of esters is 1. The zero-order valence-corrected chi connectivity index (χ0v) is 40.2. The number of aryl methyl sites for hydroxylation is 1. The van der Waals surface area contributed by atoms with E-state index >= 15 is 0 Å². The van der Waals surface area contributed by atoms with Gasteiger partial charge in [-0.15, -0.1) is 0 Å². The Kier molecular flexibility index (Phi) is 14.6. The summed E-state index contributed by atoms with van der Waals surface area (Å²) < 4.78 is 14.2. The quantitative estimate of drug-likeness (QED) is 0.137. The van der Waals surface area contributed by atoms with Crippen molar-refractivity contribution in [2.45, 2.75) is 111 Å². The molecule has 5 atom stereocenters. The number of aromatic nitrogens is 2. The molecule has 4 amide bonds. The third kappa shape index (κ3) is 10.2. The zero-order valence-electron chi connectivity index (χ0n) is 40.2. The molecule has 16 nitrogen and oxygen atoms in total. The van der Waals surface area contributed by atoms with E-state index in [-0.39, 0.29) is 56.3 Å². The summed E-state index contributed by atoms with van der Waals surface area (Å²) >= 11 is 0. The maximum atomic E-state index is 14.7. The van der Waals surface area contributed by atoms with E-state index in [0.717, 1.165) is 39.0 Å². The van der Waals surface area contributed by atoms with Crippen molar-refractivity contribution in [2.75, 3.05) is 40.4 Å². The predicted octanol–water partition coefficient (Wildman–Crippen LogP) is 5.37. The molecule has 2 saturated heterocycles. The minimum Gasteiger partial charge on any atom is -0.508 e. The van der Waals surface area contributed by atoms with E-state index in [0.29, 0.717) is 43.4 Å². The molecule has 7 rings (SSSR count). The van der Waals surface area contributed by atoms with Gasteiger partial charge in [-0.05, 0) is 104 Å². The number of carbonyl (C=O) groups excluding carboxylic acids is 6. The van der Waals surface area contributed by atoms with Crippen LogP contribution in [0.4, 0.5) is 0 Å². The van der Waals surface area contributed by atoms with Gasteiger partial charge in [0.1, 0.15) is 23.9 Å². The monoisotopic (exact) mass is 919 g/mol. The van der Waals surface area contributed by atoms with E-state index in [2.05, 4.69) is 54.3 Å². The lowest BCUT2D eigenvalue weighted by atomic mass is 9.84. The van der Waals surface area contributed by atoms with E-state index in [4.69, 9.17) is 14.5 Å². The average molecular weight is 920 g/mol. The molecule has 3 aliphatic rings. The Hall–Kier alpha value is -6.13. The first-order valence-corrected chi connectivity index (χ1v) is 23.4. The van der Waals surface area contributed by atoms with Crippen LogP contribution in [0.2, 0.25) is 0 Å². The molecule has 0 unspecified atom stereocenters. The van der Waals surface area contributed by atoms with Crippen molar-refractivity contribution in [1.29, 1.82) is 0 Å². The van der Waals surface area contributed by atoms with Crippen molar-refractivity contribution in [3.63, 3.8) is 0 Å². The van der Waals surface area contributed by atoms with Crippen molar-refractivity contribution in [2.24, 2.45) is 17.3 Å². The third-order valence-corrected chi connectivity index (χ3v) is 13.5. The number of benzene rings is 2. The number of phenols is 1. The number of phenolic OH excluding ortho intramolecular Hbond substituents is 1. The summed E-state index contributed by atoms with van der Waals surface area (Å²) in [6, 6.07) is 12.3. The number of pyridine rings is 1. The Bertz CT molecular complexity index is 2570. The van der Waals surface area contributed by atoms with E-state index in [1.807, 2.05) is 25.1 Å². The topological polar surface area (TPSA) is 193 Å². The number of ether oxygens (including phenoxy) is 2. The number of aromatic hydroxyl groups is 1. The number of fused-ring (bicyclic) bond motifs is 6. The standard InChI is InChI=1S/C51H65N7O9/c1-10-57-42-16-15-33-25-38(42)39(45(57)37-13-11-18-52-43(37)31(5)66-9)26-51(6,7)28-67-50(65)40-14-12-19-58(54-40)49(64)41(23-32-21-35(33)24-36(60)22-32)53-46(61)44(29(2)3)55(8)48(63)34-17-20-56(27-34)47(62)30(4)59/h11,13,15-16,18,21-22,24-25,29,31,34,40-41,44,54,60H,10,12,14,17,19-20,23,26-28H2,1-9H3,(H,53,61)/t31-,34-,40-,41-,44-/m0/s1. The van der Waals surface area contributed by atoms with Crippen LogP contribution in [0.1, 0.15) is 90.7 Å². The molecule has 16 heteroatoms. The lowest BCUT2D eigenvalue weighted by Gasteiger charge is -2.37. The number of likely N-dealkylation sites (N-methyl/N-ethyl adjacent to an activating group) is 1. The first kappa shape index (κ1) is 48.8. The molecule has 0 spiro atoms. The molecule has 358 valence electrons. The van der Waals surface area contributed by atoms with Crippen LogP contribution in [0, 0.1) is 17.3 Å². The summed E-state index contributed by atoms with van der Waals surface area (Å²) in [4.78, 5) is 88.8. The number of hydrogen-bond donors (Lipinski definition) is 3. The maximum absolute atomic E-state index is 14.7. The Labute approximate surface area is 392 Å². The molecule has 0 radical (unpaired) electrons. The molecule has 3 N–H and O–H groups in total. The number of carbonyl (C=O) groups is 6. The fraction of sp³-hybridized carbons (Fsp3) is 0.510. The summed E-state index contributed by atoms with van der Waals surface area (Å²) in [6.45, 7) is 14.3. The Morgan fingerprint density at radius 2 is 1.81 bits per heavy atom. The Balaban J connectivity index is 1.30. The van der Waals surface area contributed by atoms with Gasteiger partial charge in [0.2, 0.25) is 17.6 Å². The lowest BCUT2D eigenvalue weighted by molar-refractivity contribution is -0.155. The van der Waals surface area contributed by atoms with Crippen LogP contribution in [0.5, 0.6) is 5.75 Å². The second kappa shape index (κ2) is 20.0. The highest BCUT2D eigenvalue weighted by molar-refractivity contribution is 6.35. The number of methoxy groups -OCH3 is 1.